The fourth-order valence-corrected chi connectivity index (χ4v) is 20.4. The molecule has 21 rings (SSSR count). The number of fused-ring (bicyclic) bond motifs is 4. The van der Waals surface area contributed by atoms with E-state index in [9.17, 15) is 69.1 Å². The summed E-state index contributed by atoms with van der Waals surface area (Å²) in [5.41, 5.74) is 25.9. The zero-order chi connectivity index (χ0) is 103. The standard InChI is InChI=1S/C24H27F2N9O2.2C24H29F2N9O2.C22H25ClFN9O2/c25-15-8-29-22-19(21(27)31-35(22)11-15)23(36)30-18-10-28-9-17(26)20(18)33-6-2-14(3-7-33)24(37)34-12-16(13-34)32-4-1-5-32;2*1-14-12-34(8-7-32(14)2)24(37)15-3-5-33(6-4-15)20-17(26)10-28-11-18(20)30-23(36)19-21(27)31-35-13-16(25)9-29-22(19)35;23-15-10-27-11-16(29-21(34)17-19(25)30-33-12-14(24)9-28-20(17)33)18(15)31-5-1-13(2-6-31)22(35)32-7-3-26-4-8-32/h8-11,14,16H,1-7,12-13H2,(H2,27,31)(H,30,36);2*9-11,13-15H,3-8,12H2,1-2H3,(H2,27,31)(H,30,36);9-13,26H,1-8H2,(H2,25,30)(H,29,34)/t;2*14-;/m.10./s1. The van der Waals surface area contributed by atoms with E-state index >= 15 is 0 Å². The van der Waals surface area contributed by atoms with Gasteiger partial charge in [0, 0.05) is 179 Å². The molecule has 146 heavy (non-hydrogen) atoms. The number of anilines is 12. The highest BCUT2D eigenvalue weighted by molar-refractivity contribution is 6.34. The monoisotopic (exact) mass is 2040 g/mol. The van der Waals surface area contributed by atoms with Crippen molar-refractivity contribution in [2.45, 2.75) is 89.8 Å². The van der Waals surface area contributed by atoms with Gasteiger partial charge in [-0.3, -0.25) is 63.2 Å². The van der Waals surface area contributed by atoms with Gasteiger partial charge in [-0.05, 0) is 98.8 Å². The smallest absolute Gasteiger partial charge is 0.263 e. The van der Waals surface area contributed by atoms with E-state index in [4.69, 9.17) is 34.5 Å². The van der Waals surface area contributed by atoms with Gasteiger partial charge in [0.05, 0.1) is 126 Å². The Balaban J connectivity index is 0.000000128. The second-order valence-corrected chi connectivity index (χ2v) is 38.1. The lowest BCUT2D eigenvalue weighted by Gasteiger charge is -2.50. The van der Waals surface area contributed by atoms with E-state index in [2.05, 4.69) is 129 Å². The second-order valence-electron chi connectivity index (χ2n) is 37.7. The average Bonchev–Trinajstić information content (AvgIpc) is 1.55. The van der Waals surface area contributed by atoms with Crippen molar-refractivity contribution in [2.75, 3.05) is 222 Å². The van der Waals surface area contributed by atoms with Gasteiger partial charge >= 0.3 is 0 Å². The van der Waals surface area contributed by atoms with E-state index in [1.165, 1.54) is 37.4 Å². The van der Waals surface area contributed by atoms with Gasteiger partial charge in [0.15, 0.2) is 86.6 Å². The fraction of sp³-hybridized carbons (Fsp3) is 0.447. The summed E-state index contributed by atoms with van der Waals surface area (Å²) in [6.07, 6.45) is 24.6. The minimum Gasteiger partial charge on any atom is -0.381 e. The first-order valence-electron chi connectivity index (χ1n) is 48.2. The van der Waals surface area contributed by atoms with Crippen molar-refractivity contribution in [3.63, 3.8) is 0 Å². The summed E-state index contributed by atoms with van der Waals surface area (Å²) >= 11 is 6.50. The predicted octanol–water partition coefficient (Wildman–Crippen LogP) is 6.00. The Morgan fingerprint density at radius 2 is 0.623 bits per heavy atom. The summed E-state index contributed by atoms with van der Waals surface area (Å²) in [4.78, 5) is 158. The minimum atomic E-state index is -0.672. The number of piperidine rings is 4. The first-order chi connectivity index (χ1) is 70.3. The van der Waals surface area contributed by atoms with Crippen LogP contribution in [0.25, 0.3) is 22.6 Å². The van der Waals surface area contributed by atoms with Crippen molar-refractivity contribution in [3.8, 4) is 0 Å². The van der Waals surface area contributed by atoms with Crippen molar-refractivity contribution >= 4 is 150 Å². The topological polar surface area (TPSA) is 509 Å². The highest BCUT2D eigenvalue weighted by Gasteiger charge is 2.43. The maximum absolute atomic E-state index is 15.0. The molecular formula is C94H110ClF7N36O8. The number of carbonyl (C=O) groups excluding carboxylic acids is 8. The number of halogens is 8. The molecule has 52 heteroatoms. The van der Waals surface area contributed by atoms with Crippen molar-refractivity contribution in [3.05, 3.63) is 167 Å². The Morgan fingerprint density at radius 1 is 0.342 bits per heavy atom. The lowest BCUT2D eigenvalue weighted by atomic mass is 9.92. The summed E-state index contributed by atoms with van der Waals surface area (Å²) in [6, 6.07) is 1.11. The lowest BCUT2D eigenvalue weighted by molar-refractivity contribution is -0.145. The number of nitrogen functional groups attached to an aromatic ring is 4. The molecule has 0 aromatic carbocycles. The van der Waals surface area contributed by atoms with Crippen LogP contribution in [0.3, 0.4) is 0 Å². The van der Waals surface area contributed by atoms with E-state index in [1.54, 1.807) is 0 Å². The SMILES string of the molecule is C[C@@H]1CN(C(=O)C2CCN(c3c(F)cncc3NC(=O)c3c(N)nn4cc(F)cnc34)CC2)CCN1C.C[C@H]1CN(C(=O)C2CCN(c3c(F)cncc3NC(=O)c3c(N)nn4cc(F)cnc34)CC2)CCN1C.Nc1nn2cc(F)cnc2c1C(=O)Nc1cncc(Cl)c1N1CCC(C(=O)N2CCNCC2)CC1.Nc1nn2cc(F)cnc2c1C(=O)Nc1cncc(F)c1N1CCC(C(=O)N2CC(N3CCC3)C2)CC1. The summed E-state index contributed by atoms with van der Waals surface area (Å²) in [6.45, 7) is 19.6. The Kier molecular flexibility index (Phi) is 30.0. The Bertz CT molecular complexity index is 6730. The fourth-order valence-electron chi connectivity index (χ4n) is 20.1. The molecular weight excluding hydrogens is 1930 g/mol. The summed E-state index contributed by atoms with van der Waals surface area (Å²) in [7, 11) is 4.12. The number of nitrogens with two attached hydrogens (primary N) is 4. The lowest BCUT2D eigenvalue weighted by Crippen LogP contribution is -2.65. The molecule has 0 aliphatic carbocycles. The maximum atomic E-state index is 15.0. The van der Waals surface area contributed by atoms with E-state index in [1.807, 2.05) is 39.2 Å². The zero-order valence-corrected chi connectivity index (χ0v) is 81.1. The third kappa shape index (κ3) is 21.5. The van der Waals surface area contributed by atoms with E-state index in [0.717, 1.165) is 152 Å². The van der Waals surface area contributed by atoms with Crippen LogP contribution < -0.4 is 69.1 Å². The molecule has 13 N–H and O–H groups in total. The number of carbonyl (C=O) groups is 8. The van der Waals surface area contributed by atoms with Crippen LogP contribution >= 0.6 is 11.6 Å². The minimum absolute atomic E-state index is 0.0243. The molecule has 770 valence electrons. The molecule has 8 amide bonds. The zero-order valence-electron chi connectivity index (χ0n) is 80.4. The first-order valence-corrected chi connectivity index (χ1v) is 48.6. The number of hydrogen-bond acceptors (Lipinski definition) is 32. The largest absolute Gasteiger partial charge is 0.381 e. The number of piperazine rings is 3. The quantitative estimate of drug-likeness (QED) is 0.0472. The summed E-state index contributed by atoms with van der Waals surface area (Å²) < 4.78 is 103. The van der Waals surface area contributed by atoms with Crippen LogP contribution in [-0.2, 0) is 19.2 Å². The highest BCUT2D eigenvalue weighted by Crippen LogP contribution is 2.41. The molecule has 9 aliphatic rings. The van der Waals surface area contributed by atoms with Crippen LogP contribution in [0.15, 0.2) is 99.1 Å². The highest BCUT2D eigenvalue weighted by atomic mass is 35.5. The molecule has 0 spiro atoms. The van der Waals surface area contributed by atoms with Gasteiger partial charge in [-0.1, -0.05) is 11.6 Å². The van der Waals surface area contributed by atoms with Crippen molar-refractivity contribution in [2.24, 2.45) is 23.7 Å². The number of likely N-dealkylation sites (N-methyl/N-ethyl adjacent to an activating group) is 2. The van der Waals surface area contributed by atoms with Crippen molar-refractivity contribution in [1.82, 2.24) is 118 Å². The molecule has 21 heterocycles. The number of amides is 8. The Hall–Kier alpha value is -15.1. The third-order valence-electron chi connectivity index (χ3n) is 28.5. The molecule has 9 saturated heterocycles. The predicted molar refractivity (Wildman–Crippen MR) is 526 cm³/mol. The molecule has 2 atom stereocenters. The van der Waals surface area contributed by atoms with Crippen LogP contribution in [-0.4, -0.2) is 336 Å². The molecule has 0 radical (unpaired) electrons. The number of aromatic nitrogens is 16. The molecule has 44 nitrogen and oxygen atoms in total. The normalized spacial score (nSPS) is 18.8. The molecule has 0 bridgehead atoms. The average molecular weight is 2040 g/mol. The van der Waals surface area contributed by atoms with Gasteiger partial charge in [0.25, 0.3) is 23.6 Å². The molecule has 12 aromatic rings. The van der Waals surface area contributed by atoms with Crippen LogP contribution in [0.2, 0.25) is 5.02 Å². The van der Waals surface area contributed by atoms with Crippen molar-refractivity contribution in [1.29, 1.82) is 0 Å². The van der Waals surface area contributed by atoms with Gasteiger partial charge in [-0.15, -0.1) is 20.4 Å². The molecule has 9 aliphatic heterocycles. The molecule has 0 unspecified atom stereocenters. The van der Waals surface area contributed by atoms with Crippen LogP contribution in [0.4, 0.5) is 99.5 Å². The molecule has 0 saturated carbocycles. The molecule has 12 aromatic heterocycles. The van der Waals surface area contributed by atoms with Gasteiger partial charge < -0.3 is 98.5 Å². The van der Waals surface area contributed by atoms with Gasteiger partial charge in [0.2, 0.25) is 23.6 Å². The first kappa shape index (κ1) is 101. The Morgan fingerprint density at radius 3 is 0.918 bits per heavy atom. The number of pyridine rings is 4. The van der Waals surface area contributed by atoms with Crippen LogP contribution in [0, 0.1) is 64.4 Å². The Labute approximate surface area is 835 Å². The van der Waals surface area contributed by atoms with Gasteiger partial charge in [-0.2, -0.15) is 0 Å². The van der Waals surface area contributed by atoms with Gasteiger partial charge in [-0.25, -0.2) is 68.7 Å². The number of rotatable bonds is 17. The number of nitrogens with zero attached hydrogens (tertiary/aromatic N) is 27. The number of nitrogens with one attached hydrogen (secondary N) is 5. The van der Waals surface area contributed by atoms with Crippen molar-refractivity contribution < 1.29 is 69.1 Å². The summed E-state index contributed by atoms with van der Waals surface area (Å²) in [5, 5.41) is 30.2. The number of hydrogen-bond donors (Lipinski definition) is 9. The molecule has 9 fully saturated rings. The number of likely N-dealkylation sites (tertiary alicyclic amines) is 2. The van der Waals surface area contributed by atoms with E-state index in [0.29, 0.717) is 164 Å². The van der Waals surface area contributed by atoms with E-state index < -0.39 is 64.3 Å². The van der Waals surface area contributed by atoms with E-state index in [-0.39, 0.29) is 150 Å². The summed E-state index contributed by atoms with van der Waals surface area (Å²) in [5.74, 6) is -7.06. The second kappa shape index (κ2) is 43.4. The third-order valence-corrected chi connectivity index (χ3v) is 28.7. The van der Waals surface area contributed by atoms with Crippen LogP contribution in [0.5, 0.6) is 0 Å². The van der Waals surface area contributed by atoms with Crippen LogP contribution in [0.1, 0.15) is 113 Å². The van der Waals surface area contributed by atoms with Gasteiger partial charge in [0.1, 0.15) is 39.3 Å². The maximum Gasteiger partial charge on any atom is 0.263 e.